The third-order valence-corrected chi connectivity index (χ3v) is 8.91. The lowest BCUT2D eigenvalue weighted by Gasteiger charge is -2.61. The predicted octanol–water partition coefficient (Wildman–Crippen LogP) is 4.21. The third kappa shape index (κ3) is 1.79. The Labute approximate surface area is 135 Å². The zero-order valence-corrected chi connectivity index (χ0v) is 14.5. The molecule has 0 bridgehead atoms. The van der Waals surface area contributed by atoms with Crippen LogP contribution in [-0.4, -0.2) is 17.0 Å². The molecular weight excluding hydrogens is 272 g/mol. The Balaban J connectivity index is 1.65. The van der Waals surface area contributed by atoms with Gasteiger partial charge < -0.3 is 5.11 Å². The molecular formula is C20H32O2. The maximum absolute atomic E-state index is 12.2. The smallest absolute Gasteiger partial charge is 0.136 e. The van der Waals surface area contributed by atoms with Gasteiger partial charge in [0.15, 0.2) is 0 Å². The van der Waals surface area contributed by atoms with Gasteiger partial charge >= 0.3 is 0 Å². The molecule has 4 aliphatic rings. The minimum absolute atomic E-state index is 0.0733. The zero-order chi connectivity index (χ0) is 15.7. The van der Waals surface area contributed by atoms with Gasteiger partial charge in [0.1, 0.15) is 5.78 Å². The molecule has 4 aliphatic carbocycles. The van der Waals surface area contributed by atoms with E-state index in [1.165, 1.54) is 32.1 Å². The first-order valence-electron chi connectivity index (χ1n) is 9.58. The highest BCUT2D eigenvalue weighted by Crippen LogP contribution is 2.66. The Morgan fingerprint density at radius 3 is 2.36 bits per heavy atom. The molecule has 0 aromatic carbocycles. The van der Waals surface area contributed by atoms with Crippen LogP contribution in [-0.2, 0) is 4.79 Å². The number of carbonyl (C=O) groups is 1. The van der Waals surface area contributed by atoms with Crippen LogP contribution in [0.2, 0.25) is 0 Å². The van der Waals surface area contributed by atoms with Gasteiger partial charge in [-0.3, -0.25) is 4.79 Å². The monoisotopic (exact) mass is 304 g/mol. The molecule has 4 saturated carbocycles. The summed E-state index contributed by atoms with van der Waals surface area (Å²) in [6.45, 7) is 7.05. The van der Waals surface area contributed by atoms with Crippen LogP contribution in [0.3, 0.4) is 0 Å². The molecule has 0 radical (unpaired) electrons. The molecule has 0 saturated heterocycles. The number of fused-ring (bicyclic) bond motifs is 5. The highest BCUT2D eigenvalue weighted by atomic mass is 16.3. The molecule has 4 fully saturated rings. The van der Waals surface area contributed by atoms with Gasteiger partial charge in [-0.1, -0.05) is 20.8 Å². The molecule has 2 heteroatoms. The van der Waals surface area contributed by atoms with Crippen LogP contribution in [0.5, 0.6) is 0 Å². The van der Waals surface area contributed by atoms with Crippen molar-refractivity contribution < 1.29 is 9.90 Å². The molecule has 4 rings (SSSR count). The van der Waals surface area contributed by atoms with Gasteiger partial charge in [-0.25, -0.2) is 0 Å². The topological polar surface area (TPSA) is 37.3 Å². The van der Waals surface area contributed by atoms with E-state index in [4.69, 9.17) is 0 Å². The van der Waals surface area contributed by atoms with Crippen LogP contribution in [0.15, 0.2) is 0 Å². The summed E-state index contributed by atoms with van der Waals surface area (Å²) in [5.74, 6) is 3.74. The van der Waals surface area contributed by atoms with E-state index in [1.807, 2.05) is 0 Å². The van der Waals surface area contributed by atoms with E-state index in [1.54, 1.807) is 0 Å². The molecule has 0 aliphatic heterocycles. The molecule has 8 atom stereocenters. The van der Waals surface area contributed by atoms with Crippen LogP contribution < -0.4 is 0 Å². The van der Waals surface area contributed by atoms with Crippen molar-refractivity contribution >= 4 is 5.78 Å². The maximum atomic E-state index is 12.2. The number of aliphatic hydroxyl groups is 1. The molecule has 124 valence electrons. The summed E-state index contributed by atoms with van der Waals surface area (Å²) in [5.41, 5.74) is 0.561. The minimum Gasteiger partial charge on any atom is -0.393 e. The van der Waals surface area contributed by atoms with E-state index in [0.29, 0.717) is 17.1 Å². The Kier molecular flexibility index (Phi) is 3.32. The van der Waals surface area contributed by atoms with Crippen molar-refractivity contribution in [1.82, 2.24) is 0 Å². The lowest BCUT2D eigenvalue weighted by atomic mass is 9.44. The van der Waals surface area contributed by atoms with Crippen molar-refractivity contribution in [3.8, 4) is 0 Å². The average molecular weight is 304 g/mol. The first kappa shape index (κ1) is 15.2. The normalized spacial score (nSPS) is 57.9. The van der Waals surface area contributed by atoms with Crippen molar-refractivity contribution in [1.29, 1.82) is 0 Å². The van der Waals surface area contributed by atoms with Gasteiger partial charge in [-0.15, -0.1) is 0 Å². The predicted molar refractivity (Wildman–Crippen MR) is 87.3 cm³/mol. The molecule has 0 amide bonds. The standard InChI is InChI=1S/C20H32O2/c1-12-14-5-4-13-15-6-7-18(22)20(15,3)10-8-16(13)19(14,2)11-9-17(12)21/h12-16,18,22H,4-11H2,1-3H3/t12-,13?,14-,15?,16?,18-,19?,20?/m0/s1. The number of aliphatic hydroxyl groups excluding tert-OH is 1. The van der Waals surface area contributed by atoms with Crippen LogP contribution in [0.4, 0.5) is 0 Å². The average Bonchev–Trinajstić information content (AvgIpc) is 2.79. The second kappa shape index (κ2) is 4.82. The summed E-state index contributed by atoms with van der Waals surface area (Å²) < 4.78 is 0. The summed E-state index contributed by atoms with van der Waals surface area (Å²) in [5, 5.41) is 10.5. The fraction of sp³-hybridized carbons (Fsp3) is 0.950. The largest absolute Gasteiger partial charge is 0.393 e. The molecule has 0 spiro atoms. The van der Waals surface area contributed by atoms with Crippen LogP contribution in [0.1, 0.15) is 72.1 Å². The van der Waals surface area contributed by atoms with Crippen molar-refractivity contribution in [2.75, 3.05) is 0 Å². The van der Waals surface area contributed by atoms with E-state index in [0.717, 1.165) is 37.0 Å². The summed E-state index contributed by atoms with van der Waals surface area (Å²) in [6, 6.07) is 0. The second-order valence-electron chi connectivity index (χ2n) is 9.46. The third-order valence-electron chi connectivity index (χ3n) is 8.91. The zero-order valence-electron chi connectivity index (χ0n) is 14.5. The molecule has 2 nitrogen and oxygen atoms in total. The van der Waals surface area contributed by atoms with Gasteiger partial charge in [-0.05, 0) is 79.4 Å². The van der Waals surface area contributed by atoms with E-state index >= 15 is 0 Å². The van der Waals surface area contributed by atoms with Crippen LogP contribution >= 0.6 is 0 Å². The fourth-order valence-corrected chi connectivity index (χ4v) is 7.49. The Bertz CT molecular complexity index is 486. The van der Waals surface area contributed by atoms with E-state index in [2.05, 4.69) is 20.8 Å². The lowest BCUT2D eigenvalue weighted by Crippen LogP contribution is -2.55. The van der Waals surface area contributed by atoms with Crippen molar-refractivity contribution in [2.24, 2.45) is 40.4 Å². The van der Waals surface area contributed by atoms with Gasteiger partial charge in [0, 0.05) is 12.3 Å². The number of ketones is 1. The van der Waals surface area contributed by atoms with Crippen LogP contribution in [0.25, 0.3) is 0 Å². The first-order chi connectivity index (χ1) is 10.4. The maximum Gasteiger partial charge on any atom is 0.136 e. The number of rotatable bonds is 0. The van der Waals surface area contributed by atoms with Crippen molar-refractivity contribution in [3.63, 3.8) is 0 Å². The van der Waals surface area contributed by atoms with E-state index < -0.39 is 0 Å². The Morgan fingerprint density at radius 1 is 0.909 bits per heavy atom. The quantitative estimate of drug-likeness (QED) is 0.728. The Morgan fingerprint density at radius 2 is 1.59 bits per heavy atom. The number of Topliss-reactive ketones (excluding diaryl/α,β-unsaturated/α-hetero) is 1. The highest BCUT2D eigenvalue weighted by molar-refractivity contribution is 5.82. The molecule has 5 unspecified atom stereocenters. The Hall–Kier alpha value is -0.370. The van der Waals surface area contributed by atoms with Gasteiger partial charge in [0.25, 0.3) is 0 Å². The molecule has 22 heavy (non-hydrogen) atoms. The highest BCUT2D eigenvalue weighted by Gasteiger charge is 2.60. The number of hydrogen-bond acceptors (Lipinski definition) is 2. The molecule has 0 heterocycles. The molecule has 0 aromatic rings. The molecule has 0 aromatic heterocycles. The van der Waals surface area contributed by atoms with Crippen LogP contribution in [0, 0.1) is 40.4 Å². The van der Waals surface area contributed by atoms with Crippen molar-refractivity contribution in [3.05, 3.63) is 0 Å². The van der Waals surface area contributed by atoms with E-state index in [9.17, 15) is 9.90 Å². The SMILES string of the molecule is C[C@@H]1C(=O)CCC2(C)C3CCC4(C)C(CC[C@@H]4O)C3CC[C@@H]12. The summed E-state index contributed by atoms with van der Waals surface area (Å²) in [4.78, 5) is 12.2. The minimum atomic E-state index is -0.0733. The second-order valence-corrected chi connectivity index (χ2v) is 9.46. The lowest BCUT2D eigenvalue weighted by molar-refractivity contribution is -0.152. The van der Waals surface area contributed by atoms with Crippen molar-refractivity contribution in [2.45, 2.75) is 78.2 Å². The molecule has 1 N–H and O–H groups in total. The van der Waals surface area contributed by atoms with Gasteiger partial charge in [0.05, 0.1) is 6.10 Å². The summed E-state index contributed by atoms with van der Waals surface area (Å²) in [7, 11) is 0. The number of carbonyl (C=O) groups excluding carboxylic acids is 1. The summed E-state index contributed by atoms with van der Waals surface area (Å²) in [6.07, 6.45) is 9.12. The first-order valence-corrected chi connectivity index (χ1v) is 9.58. The fourth-order valence-electron chi connectivity index (χ4n) is 7.49. The summed E-state index contributed by atoms with van der Waals surface area (Å²) >= 11 is 0. The van der Waals surface area contributed by atoms with E-state index in [-0.39, 0.29) is 17.4 Å². The number of hydrogen-bond donors (Lipinski definition) is 1. The van der Waals surface area contributed by atoms with Gasteiger partial charge in [0.2, 0.25) is 0 Å². The van der Waals surface area contributed by atoms with Gasteiger partial charge in [-0.2, -0.15) is 0 Å².